The quantitative estimate of drug-likeness (QED) is 0.191. The first kappa shape index (κ1) is 25.7. The number of ether oxygens (including phenoxy) is 1. The van der Waals surface area contributed by atoms with Crippen molar-refractivity contribution in [3.63, 3.8) is 0 Å². The number of nitrogens with zero attached hydrogens (tertiary/aromatic N) is 2. The van der Waals surface area contributed by atoms with E-state index in [9.17, 15) is 27.7 Å². The predicted molar refractivity (Wildman–Crippen MR) is 126 cm³/mol. The van der Waals surface area contributed by atoms with Gasteiger partial charge in [-0.1, -0.05) is 18.2 Å². The summed E-state index contributed by atoms with van der Waals surface area (Å²) in [6.07, 6.45) is 1.05. The van der Waals surface area contributed by atoms with Gasteiger partial charge in [0.15, 0.2) is 9.84 Å². The van der Waals surface area contributed by atoms with Crippen LogP contribution in [0.2, 0.25) is 0 Å². The highest BCUT2D eigenvalue weighted by Crippen LogP contribution is 2.37. The average molecular weight is 506 g/mol. The molecule has 1 heterocycles. The molecule has 0 unspecified atom stereocenters. The Morgan fingerprint density at radius 2 is 1.86 bits per heavy atom. The van der Waals surface area contributed by atoms with Crippen LogP contribution < -0.4 is 5.73 Å². The number of anilines is 1. The molecule has 0 spiro atoms. The lowest BCUT2D eigenvalue weighted by Crippen LogP contribution is -2.12. The maximum absolute atomic E-state index is 14.0. The number of sulfone groups is 1. The van der Waals surface area contributed by atoms with E-state index in [1.807, 2.05) is 0 Å². The number of carbonyl (C=O) groups is 1. The normalized spacial score (nSPS) is 11.3. The number of carbonyl (C=O) groups excluding carboxylic acids is 1. The van der Waals surface area contributed by atoms with Gasteiger partial charge < -0.3 is 19.9 Å². The first-order valence-electron chi connectivity index (χ1n) is 10.5. The Bertz CT molecular complexity index is 1350. The molecule has 0 bridgehead atoms. The van der Waals surface area contributed by atoms with Crippen molar-refractivity contribution < 1.29 is 32.3 Å². The minimum absolute atomic E-state index is 0.0734. The number of hydrogen-bond acceptors (Lipinski definition) is 8. The summed E-state index contributed by atoms with van der Waals surface area (Å²) in [5, 5.41) is 9.25. The maximum Gasteiger partial charge on any atom is 0.310 e. The van der Waals surface area contributed by atoms with Gasteiger partial charge in [0.05, 0.1) is 35.9 Å². The van der Waals surface area contributed by atoms with Crippen LogP contribution in [-0.4, -0.2) is 43.5 Å². The zero-order valence-corrected chi connectivity index (χ0v) is 19.9. The van der Waals surface area contributed by atoms with Gasteiger partial charge in [0.25, 0.3) is 5.09 Å². The van der Waals surface area contributed by atoms with Crippen LogP contribution in [0, 0.1) is 22.9 Å². The second kappa shape index (κ2) is 10.6. The minimum atomic E-state index is -3.41. The molecule has 0 aliphatic carbocycles. The largest absolute Gasteiger partial charge is 0.465 e. The van der Waals surface area contributed by atoms with Gasteiger partial charge in [-0.15, -0.1) is 10.1 Å². The lowest BCUT2D eigenvalue weighted by atomic mass is 10.1. The lowest BCUT2D eigenvalue weighted by molar-refractivity contribution is -0.757. The number of nitrogen functional groups attached to an aromatic ring is 1. The SMILES string of the molecule is Cc1c(CC(=O)OCCCO[N+](=O)[O-])c(N)c(-c2ccc(S(C)(=O)=O)cc2)n1-c1cccc(F)c1. The van der Waals surface area contributed by atoms with E-state index in [1.54, 1.807) is 29.7 Å². The van der Waals surface area contributed by atoms with Gasteiger partial charge >= 0.3 is 5.97 Å². The van der Waals surface area contributed by atoms with E-state index in [2.05, 4.69) is 4.84 Å². The van der Waals surface area contributed by atoms with Gasteiger partial charge in [-0.3, -0.25) is 4.79 Å². The van der Waals surface area contributed by atoms with Crippen LogP contribution in [0.1, 0.15) is 17.7 Å². The van der Waals surface area contributed by atoms with Crippen LogP contribution in [0.3, 0.4) is 0 Å². The summed E-state index contributed by atoms with van der Waals surface area (Å²) in [5.74, 6) is -1.07. The maximum atomic E-state index is 14.0. The summed E-state index contributed by atoms with van der Waals surface area (Å²) in [4.78, 5) is 26.9. The van der Waals surface area contributed by atoms with E-state index in [0.717, 1.165) is 6.26 Å². The van der Waals surface area contributed by atoms with Gasteiger partial charge in [0.2, 0.25) is 0 Å². The molecule has 0 aliphatic heterocycles. The Balaban J connectivity index is 1.97. The predicted octanol–water partition coefficient (Wildman–Crippen LogP) is 3.26. The minimum Gasteiger partial charge on any atom is -0.465 e. The summed E-state index contributed by atoms with van der Waals surface area (Å²) < 4.78 is 44.6. The van der Waals surface area contributed by atoms with Crippen molar-refractivity contribution in [2.24, 2.45) is 0 Å². The Hall–Kier alpha value is -3.93. The van der Waals surface area contributed by atoms with Crippen molar-refractivity contribution in [3.8, 4) is 16.9 Å². The van der Waals surface area contributed by atoms with Crippen LogP contribution >= 0.6 is 0 Å². The highest BCUT2D eigenvalue weighted by Gasteiger charge is 2.23. The van der Waals surface area contributed by atoms with E-state index in [-0.39, 0.29) is 36.6 Å². The molecular weight excluding hydrogens is 481 g/mol. The summed E-state index contributed by atoms with van der Waals surface area (Å²) in [6, 6.07) is 11.9. The molecule has 1 aromatic heterocycles. The van der Waals surface area contributed by atoms with Crippen LogP contribution in [0.15, 0.2) is 53.4 Å². The third kappa shape index (κ3) is 6.15. The molecule has 3 rings (SSSR count). The smallest absolute Gasteiger partial charge is 0.310 e. The fraction of sp³-hybridized carbons (Fsp3) is 0.261. The Morgan fingerprint density at radius 1 is 1.17 bits per heavy atom. The molecule has 186 valence electrons. The molecule has 0 radical (unpaired) electrons. The molecule has 0 saturated heterocycles. The Kier molecular flexibility index (Phi) is 7.75. The topological polar surface area (TPSA) is 144 Å². The van der Waals surface area contributed by atoms with Crippen molar-refractivity contribution in [1.29, 1.82) is 0 Å². The monoisotopic (exact) mass is 505 g/mol. The number of aromatic nitrogens is 1. The first-order valence-corrected chi connectivity index (χ1v) is 12.4. The molecular formula is C23H24FN3O7S. The van der Waals surface area contributed by atoms with Crippen molar-refractivity contribution in [3.05, 3.63) is 75.7 Å². The van der Waals surface area contributed by atoms with Gasteiger partial charge in [-0.2, -0.15) is 0 Å². The lowest BCUT2D eigenvalue weighted by Gasteiger charge is -2.13. The molecule has 0 amide bonds. The van der Waals surface area contributed by atoms with Crippen LogP contribution in [0.5, 0.6) is 0 Å². The average Bonchev–Trinajstić information content (AvgIpc) is 3.03. The molecule has 35 heavy (non-hydrogen) atoms. The molecule has 0 fully saturated rings. The Labute approximate surface area is 201 Å². The standard InChI is InChI=1S/C23H24FN3O7S/c1-15-20(14-21(28)33-11-4-12-34-27(29)30)22(25)23(26(15)18-6-3-5-17(24)13-18)16-7-9-19(10-8-16)35(2,31)32/h3,5-10,13H,4,11-12,14,25H2,1-2H3. The number of nitrogens with two attached hydrogens (primary N) is 1. The zero-order valence-electron chi connectivity index (χ0n) is 19.1. The molecule has 0 saturated carbocycles. The molecule has 0 atom stereocenters. The van der Waals surface area contributed by atoms with Crippen LogP contribution in [0.25, 0.3) is 16.9 Å². The van der Waals surface area contributed by atoms with Crippen molar-refractivity contribution in [2.45, 2.75) is 24.7 Å². The zero-order chi connectivity index (χ0) is 25.8. The van der Waals surface area contributed by atoms with E-state index in [1.165, 1.54) is 30.3 Å². The number of halogens is 1. The third-order valence-electron chi connectivity index (χ3n) is 5.27. The number of benzene rings is 2. The summed E-state index contributed by atoms with van der Waals surface area (Å²) in [5.41, 5.74) is 9.25. The van der Waals surface area contributed by atoms with E-state index >= 15 is 0 Å². The van der Waals surface area contributed by atoms with E-state index < -0.39 is 26.7 Å². The van der Waals surface area contributed by atoms with Crippen molar-refractivity contribution in [2.75, 3.05) is 25.2 Å². The van der Waals surface area contributed by atoms with Crippen LogP contribution in [-0.2, 0) is 30.6 Å². The van der Waals surface area contributed by atoms with Gasteiger partial charge in [-0.05, 0) is 37.3 Å². The molecule has 12 heteroatoms. The second-order valence-corrected chi connectivity index (χ2v) is 9.76. The fourth-order valence-corrected chi connectivity index (χ4v) is 4.28. The van der Waals surface area contributed by atoms with Gasteiger partial charge in [-0.25, -0.2) is 12.8 Å². The molecule has 2 N–H and O–H groups in total. The second-order valence-electron chi connectivity index (χ2n) is 7.75. The van der Waals surface area contributed by atoms with Crippen molar-refractivity contribution >= 4 is 21.5 Å². The summed E-state index contributed by atoms with van der Waals surface area (Å²) in [6.45, 7) is 1.45. The molecule has 0 aliphatic rings. The van der Waals surface area contributed by atoms with Crippen LogP contribution in [0.4, 0.5) is 10.1 Å². The number of esters is 1. The van der Waals surface area contributed by atoms with E-state index in [4.69, 9.17) is 10.5 Å². The number of rotatable bonds is 10. The van der Waals surface area contributed by atoms with E-state index in [0.29, 0.717) is 28.2 Å². The first-order chi connectivity index (χ1) is 16.5. The molecule has 10 nitrogen and oxygen atoms in total. The summed E-state index contributed by atoms with van der Waals surface area (Å²) in [7, 11) is -3.41. The highest BCUT2D eigenvalue weighted by atomic mass is 32.2. The van der Waals surface area contributed by atoms with Crippen molar-refractivity contribution in [1.82, 2.24) is 4.57 Å². The third-order valence-corrected chi connectivity index (χ3v) is 6.40. The summed E-state index contributed by atoms with van der Waals surface area (Å²) >= 11 is 0. The highest BCUT2D eigenvalue weighted by molar-refractivity contribution is 7.90. The van der Waals surface area contributed by atoms with Gasteiger partial charge in [0.1, 0.15) is 5.82 Å². The van der Waals surface area contributed by atoms with Gasteiger partial charge in [0, 0.05) is 35.2 Å². The molecule has 2 aromatic carbocycles. The Morgan fingerprint density at radius 3 is 2.46 bits per heavy atom. The molecule has 3 aromatic rings. The number of hydrogen-bond donors (Lipinski definition) is 1. The fourth-order valence-electron chi connectivity index (χ4n) is 3.65.